The van der Waals surface area contributed by atoms with E-state index in [2.05, 4.69) is 10.3 Å². The maximum absolute atomic E-state index is 12.8. The molecule has 0 bridgehead atoms. The largest absolute Gasteiger partial charge is 0.272 e. The molecule has 0 radical (unpaired) electrons. The van der Waals surface area contributed by atoms with Gasteiger partial charge in [0.2, 0.25) is 0 Å². The van der Waals surface area contributed by atoms with Crippen LogP contribution in [0.3, 0.4) is 0 Å². The number of halogens is 2. The summed E-state index contributed by atoms with van der Waals surface area (Å²) in [5, 5.41) is 7.35. The predicted molar refractivity (Wildman–Crippen MR) is 51.2 cm³/mol. The number of carbonyl (C=O) groups excluding carboxylic acids is 1. The third-order valence-electron chi connectivity index (χ3n) is 2.68. The molecule has 0 aliphatic heterocycles. The second kappa shape index (κ2) is 2.84. The summed E-state index contributed by atoms with van der Waals surface area (Å²) < 4.78 is 26.5. The lowest BCUT2D eigenvalue weighted by molar-refractivity contribution is 0.0679. The third-order valence-corrected chi connectivity index (χ3v) is 2.68. The van der Waals surface area contributed by atoms with Crippen LogP contribution in [0.2, 0.25) is 0 Å². The Labute approximate surface area is 88.9 Å². The van der Waals surface area contributed by atoms with Crippen molar-refractivity contribution in [1.29, 1.82) is 0 Å². The van der Waals surface area contributed by atoms with Crippen molar-refractivity contribution in [2.24, 2.45) is 5.92 Å². The highest BCUT2D eigenvalue weighted by atomic mass is 19.3. The van der Waals surface area contributed by atoms with E-state index in [1.54, 1.807) is 24.3 Å². The standard InChI is InChI=1S/C10H7F2N3O/c11-10(12)5-6(10)9(16)15-8-4-2-1-3-7(8)13-14-15/h1-4,6H,5H2/t6-/m0/s1. The van der Waals surface area contributed by atoms with Gasteiger partial charge in [0.25, 0.3) is 11.8 Å². The van der Waals surface area contributed by atoms with Crippen LogP contribution in [0.5, 0.6) is 0 Å². The number of fused-ring (bicyclic) bond motifs is 1. The Hall–Kier alpha value is -1.85. The highest BCUT2D eigenvalue weighted by Crippen LogP contribution is 2.49. The molecular formula is C10H7F2N3O. The third kappa shape index (κ3) is 1.22. The average Bonchev–Trinajstić information content (AvgIpc) is 2.74. The van der Waals surface area contributed by atoms with E-state index in [1.807, 2.05) is 0 Å². The Balaban J connectivity index is 2.04. The number of hydrogen-bond donors (Lipinski definition) is 0. The predicted octanol–water partition coefficient (Wildman–Crippen LogP) is 1.73. The fourth-order valence-electron chi connectivity index (χ4n) is 1.66. The molecule has 82 valence electrons. The summed E-state index contributed by atoms with van der Waals surface area (Å²) in [4.78, 5) is 11.7. The van der Waals surface area contributed by atoms with Gasteiger partial charge in [-0.1, -0.05) is 17.3 Å². The Morgan fingerprint density at radius 2 is 2.12 bits per heavy atom. The number of benzene rings is 1. The summed E-state index contributed by atoms with van der Waals surface area (Å²) in [6, 6.07) is 6.77. The van der Waals surface area contributed by atoms with E-state index in [0.717, 1.165) is 4.68 Å². The summed E-state index contributed by atoms with van der Waals surface area (Å²) >= 11 is 0. The second-order valence-electron chi connectivity index (χ2n) is 3.85. The molecule has 4 nitrogen and oxygen atoms in total. The zero-order chi connectivity index (χ0) is 11.3. The molecule has 1 atom stereocenters. The monoisotopic (exact) mass is 223 g/mol. The van der Waals surface area contributed by atoms with Crippen molar-refractivity contribution < 1.29 is 13.6 Å². The maximum Gasteiger partial charge on any atom is 0.260 e. The van der Waals surface area contributed by atoms with Crippen molar-refractivity contribution >= 4 is 16.9 Å². The molecule has 3 rings (SSSR count). The van der Waals surface area contributed by atoms with Gasteiger partial charge < -0.3 is 0 Å². The number of aromatic nitrogens is 3. The molecule has 0 saturated heterocycles. The first-order chi connectivity index (χ1) is 7.59. The van der Waals surface area contributed by atoms with Gasteiger partial charge in [-0.2, -0.15) is 4.68 Å². The Kier molecular flexibility index (Phi) is 1.66. The SMILES string of the molecule is O=C([C@@H]1CC1(F)F)n1nnc2ccccc21. The van der Waals surface area contributed by atoms with Crippen molar-refractivity contribution in [2.75, 3.05) is 0 Å². The van der Waals surface area contributed by atoms with Gasteiger partial charge in [0.05, 0.1) is 5.52 Å². The fraction of sp³-hybridized carbons (Fsp3) is 0.300. The lowest BCUT2D eigenvalue weighted by atomic mass is 10.3. The molecule has 16 heavy (non-hydrogen) atoms. The van der Waals surface area contributed by atoms with E-state index in [4.69, 9.17) is 0 Å². The van der Waals surface area contributed by atoms with Crippen molar-refractivity contribution in [3.8, 4) is 0 Å². The van der Waals surface area contributed by atoms with E-state index in [0.29, 0.717) is 11.0 Å². The van der Waals surface area contributed by atoms with Gasteiger partial charge in [-0.3, -0.25) is 4.79 Å². The van der Waals surface area contributed by atoms with Crippen LogP contribution in [0.4, 0.5) is 8.78 Å². The van der Waals surface area contributed by atoms with Crippen molar-refractivity contribution in [1.82, 2.24) is 15.0 Å². The normalized spacial score (nSPS) is 22.2. The van der Waals surface area contributed by atoms with Gasteiger partial charge in [0.15, 0.2) is 0 Å². The summed E-state index contributed by atoms with van der Waals surface area (Å²) in [6.07, 6.45) is -0.389. The van der Waals surface area contributed by atoms with Gasteiger partial charge in [-0.05, 0) is 12.1 Å². The fourth-order valence-corrected chi connectivity index (χ4v) is 1.66. The smallest absolute Gasteiger partial charge is 0.260 e. The molecule has 1 aliphatic carbocycles. The van der Waals surface area contributed by atoms with Crippen LogP contribution in [-0.2, 0) is 0 Å². The minimum Gasteiger partial charge on any atom is -0.272 e. The maximum atomic E-state index is 12.8. The molecule has 1 aromatic carbocycles. The molecular weight excluding hydrogens is 216 g/mol. The van der Waals surface area contributed by atoms with E-state index in [-0.39, 0.29) is 6.42 Å². The minimum atomic E-state index is -2.87. The summed E-state index contributed by atoms with van der Waals surface area (Å²) in [5.41, 5.74) is 0.995. The average molecular weight is 223 g/mol. The lowest BCUT2D eigenvalue weighted by Gasteiger charge is -1.98. The Morgan fingerprint density at radius 3 is 2.81 bits per heavy atom. The molecule has 1 aliphatic rings. The molecule has 1 heterocycles. The molecule has 6 heteroatoms. The van der Waals surface area contributed by atoms with Crippen LogP contribution >= 0.6 is 0 Å². The topological polar surface area (TPSA) is 47.8 Å². The number of rotatable bonds is 1. The summed E-state index contributed by atoms with van der Waals surface area (Å²) in [5.74, 6) is -4.79. The first-order valence-corrected chi connectivity index (χ1v) is 4.82. The molecule has 1 aromatic heterocycles. The van der Waals surface area contributed by atoms with Crippen LogP contribution in [0, 0.1) is 5.92 Å². The first-order valence-electron chi connectivity index (χ1n) is 4.82. The Morgan fingerprint density at radius 1 is 1.44 bits per heavy atom. The first kappa shape index (κ1) is 9.38. The van der Waals surface area contributed by atoms with Gasteiger partial charge in [0.1, 0.15) is 11.4 Å². The molecule has 0 N–H and O–H groups in total. The van der Waals surface area contributed by atoms with Crippen LogP contribution < -0.4 is 0 Å². The summed E-state index contributed by atoms with van der Waals surface area (Å²) in [7, 11) is 0. The highest BCUT2D eigenvalue weighted by molar-refractivity contribution is 5.92. The van der Waals surface area contributed by atoms with Crippen molar-refractivity contribution in [3.63, 3.8) is 0 Å². The molecule has 1 fully saturated rings. The quantitative estimate of drug-likeness (QED) is 0.739. The summed E-state index contributed by atoms with van der Waals surface area (Å²) in [6.45, 7) is 0. The van der Waals surface area contributed by atoms with Crippen LogP contribution in [-0.4, -0.2) is 26.8 Å². The van der Waals surface area contributed by atoms with E-state index in [1.165, 1.54) is 0 Å². The van der Waals surface area contributed by atoms with Gasteiger partial charge in [-0.25, -0.2) is 8.78 Å². The van der Waals surface area contributed by atoms with Crippen molar-refractivity contribution in [2.45, 2.75) is 12.3 Å². The van der Waals surface area contributed by atoms with Gasteiger partial charge in [0, 0.05) is 6.42 Å². The van der Waals surface area contributed by atoms with Crippen LogP contribution in [0.25, 0.3) is 11.0 Å². The number of para-hydroxylation sites is 1. The van der Waals surface area contributed by atoms with E-state index in [9.17, 15) is 13.6 Å². The minimum absolute atomic E-state index is 0.389. The van der Waals surface area contributed by atoms with E-state index < -0.39 is 17.7 Å². The zero-order valence-electron chi connectivity index (χ0n) is 8.10. The molecule has 0 unspecified atom stereocenters. The number of nitrogens with zero attached hydrogens (tertiary/aromatic N) is 3. The number of carbonyl (C=O) groups is 1. The van der Waals surface area contributed by atoms with Crippen molar-refractivity contribution in [3.05, 3.63) is 24.3 Å². The van der Waals surface area contributed by atoms with Gasteiger partial charge in [-0.15, -0.1) is 5.10 Å². The van der Waals surface area contributed by atoms with Crippen LogP contribution in [0.15, 0.2) is 24.3 Å². The molecule has 0 amide bonds. The van der Waals surface area contributed by atoms with E-state index >= 15 is 0 Å². The Bertz CT molecular complexity index is 578. The second-order valence-corrected chi connectivity index (χ2v) is 3.85. The zero-order valence-corrected chi connectivity index (χ0v) is 8.10. The number of hydrogen-bond acceptors (Lipinski definition) is 3. The molecule has 0 spiro atoms. The molecule has 2 aromatic rings. The lowest BCUT2D eigenvalue weighted by Crippen LogP contribution is -2.17. The molecule has 1 saturated carbocycles. The highest BCUT2D eigenvalue weighted by Gasteiger charge is 2.62. The van der Waals surface area contributed by atoms with Gasteiger partial charge >= 0.3 is 0 Å². The van der Waals surface area contributed by atoms with Crippen LogP contribution in [0.1, 0.15) is 11.2 Å². The number of alkyl halides is 2.